The number of anilines is 3. The fraction of sp³-hybridized carbons (Fsp3) is 0.143. The summed E-state index contributed by atoms with van der Waals surface area (Å²) in [4.78, 5) is 0.957. The van der Waals surface area contributed by atoms with Crippen LogP contribution in [0.3, 0.4) is 0 Å². The number of aryl methyl sites for hydroxylation is 2. The Hall–Kier alpha value is -2.89. The highest BCUT2D eigenvalue weighted by molar-refractivity contribution is 5.77. The highest BCUT2D eigenvalue weighted by Gasteiger charge is 2.29. The quantitative estimate of drug-likeness (QED) is 0.359. The van der Waals surface area contributed by atoms with Crippen LogP contribution in [0.1, 0.15) is 16.7 Å². The molecule has 0 N–H and O–H groups in total. The third-order valence-corrected chi connectivity index (χ3v) is 4.39. The lowest BCUT2D eigenvalue weighted by Gasteiger charge is -2.27. The lowest BCUT2D eigenvalue weighted by molar-refractivity contribution is 0.448. The Kier molecular flexibility index (Phi) is 4.91. The van der Waals surface area contributed by atoms with Crippen molar-refractivity contribution in [3.8, 4) is 0 Å². The molecule has 0 saturated heterocycles. The standard InChI is InChI=1S/C21H16F5N/c1-11-4-7-14(8-5-11)27(15-9-6-12(2)16(22)10-15)21-19(25)17(23)13(3)18(24)20(21)26/h4-10H,1-3H3. The zero-order chi connectivity index (χ0) is 19.9. The van der Waals surface area contributed by atoms with Crippen LogP contribution in [0.5, 0.6) is 0 Å². The van der Waals surface area contributed by atoms with Crippen LogP contribution in [0, 0.1) is 49.9 Å². The van der Waals surface area contributed by atoms with Gasteiger partial charge in [-0.05, 0) is 50.6 Å². The molecule has 3 rings (SSSR count). The monoisotopic (exact) mass is 377 g/mol. The van der Waals surface area contributed by atoms with Crippen LogP contribution in [0.4, 0.5) is 39.0 Å². The van der Waals surface area contributed by atoms with Gasteiger partial charge in [0.15, 0.2) is 23.3 Å². The normalized spacial score (nSPS) is 11.0. The molecule has 0 unspecified atom stereocenters. The molecule has 0 spiro atoms. The molecule has 0 bridgehead atoms. The minimum Gasteiger partial charge on any atom is -0.305 e. The molecule has 3 aromatic carbocycles. The molecule has 0 aliphatic rings. The van der Waals surface area contributed by atoms with Crippen molar-refractivity contribution in [3.63, 3.8) is 0 Å². The van der Waals surface area contributed by atoms with Crippen molar-refractivity contribution in [1.82, 2.24) is 0 Å². The van der Waals surface area contributed by atoms with Gasteiger partial charge in [-0.2, -0.15) is 0 Å². The molecule has 0 radical (unpaired) electrons. The van der Waals surface area contributed by atoms with Crippen LogP contribution in [-0.4, -0.2) is 0 Å². The van der Waals surface area contributed by atoms with Crippen LogP contribution < -0.4 is 4.90 Å². The molecule has 0 aliphatic carbocycles. The van der Waals surface area contributed by atoms with Gasteiger partial charge in [-0.3, -0.25) is 0 Å². The zero-order valence-electron chi connectivity index (χ0n) is 14.9. The lowest BCUT2D eigenvalue weighted by Crippen LogP contribution is -2.17. The number of hydrogen-bond donors (Lipinski definition) is 0. The van der Waals surface area contributed by atoms with Crippen LogP contribution in [0.15, 0.2) is 42.5 Å². The average Bonchev–Trinajstić information content (AvgIpc) is 2.65. The van der Waals surface area contributed by atoms with E-state index in [1.165, 1.54) is 31.2 Å². The minimum absolute atomic E-state index is 0.0300. The van der Waals surface area contributed by atoms with Gasteiger partial charge >= 0.3 is 0 Å². The molecule has 140 valence electrons. The Morgan fingerprint density at radius 3 is 1.67 bits per heavy atom. The fourth-order valence-corrected chi connectivity index (χ4v) is 2.75. The number of rotatable bonds is 3. The maximum atomic E-state index is 14.7. The number of halogens is 5. The first-order valence-corrected chi connectivity index (χ1v) is 8.18. The van der Waals surface area contributed by atoms with Gasteiger partial charge in [0.2, 0.25) is 0 Å². The molecule has 0 saturated carbocycles. The second-order valence-corrected chi connectivity index (χ2v) is 6.33. The maximum absolute atomic E-state index is 14.7. The van der Waals surface area contributed by atoms with Gasteiger partial charge in [-0.15, -0.1) is 0 Å². The van der Waals surface area contributed by atoms with Crippen molar-refractivity contribution in [2.75, 3.05) is 4.90 Å². The van der Waals surface area contributed by atoms with E-state index < -0.39 is 40.3 Å². The van der Waals surface area contributed by atoms with Gasteiger partial charge in [-0.25, -0.2) is 22.0 Å². The van der Waals surface area contributed by atoms with E-state index in [9.17, 15) is 22.0 Å². The Labute approximate surface area is 153 Å². The number of benzene rings is 3. The van der Waals surface area contributed by atoms with Crippen LogP contribution in [-0.2, 0) is 0 Å². The molecule has 27 heavy (non-hydrogen) atoms. The summed E-state index contributed by atoms with van der Waals surface area (Å²) in [5, 5.41) is 0. The van der Waals surface area contributed by atoms with Crippen LogP contribution in [0.25, 0.3) is 0 Å². The average molecular weight is 377 g/mol. The largest absolute Gasteiger partial charge is 0.305 e. The molecular formula is C21H16F5N. The van der Waals surface area contributed by atoms with Crippen molar-refractivity contribution in [1.29, 1.82) is 0 Å². The topological polar surface area (TPSA) is 3.24 Å². The Bertz CT molecular complexity index is 983. The minimum atomic E-state index is -1.55. The Morgan fingerprint density at radius 1 is 0.630 bits per heavy atom. The molecule has 0 heterocycles. The van der Waals surface area contributed by atoms with Gasteiger partial charge in [0, 0.05) is 16.9 Å². The molecule has 3 aromatic rings. The summed E-state index contributed by atoms with van der Waals surface area (Å²) in [6.45, 7) is 4.29. The van der Waals surface area contributed by atoms with E-state index in [1.54, 1.807) is 12.1 Å². The predicted octanol–water partition coefficient (Wildman–Crippen LogP) is 6.78. The molecule has 0 atom stereocenters. The van der Waals surface area contributed by atoms with Gasteiger partial charge in [0.1, 0.15) is 11.5 Å². The Morgan fingerprint density at radius 2 is 1.15 bits per heavy atom. The number of nitrogens with zero attached hydrogens (tertiary/aromatic N) is 1. The zero-order valence-corrected chi connectivity index (χ0v) is 14.9. The van der Waals surface area contributed by atoms with E-state index in [1.807, 2.05) is 6.92 Å². The van der Waals surface area contributed by atoms with Gasteiger partial charge in [-0.1, -0.05) is 23.8 Å². The van der Waals surface area contributed by atoms with Crippen molar-refractivity contribution in [3.05, 3.63) is 88.2 Å². The summed E-state index contributed by atoms with van der Waals surface area (Å²) in [6.07, 6.45) is 0. The summed E-state index contributed by atoms with van der Waals surface area (Å²) in [7, 11) is 0. The van der Waals surface area contributed by atoms with E-state index in [0.29, 0.717) is 5.56 Å². The summed E-state index contributed by atoms with van der Waals surface area (Å²) < 4.78 is 71.7. The SMILES string of the molecule is Cc1ccc(N(c2ccc(C)c(F)c2)c2c(F)c(F)c(C)c(F)c2F)cc1. The highest BCUT2D eigenvalue weighted by Crippen LogP contribution is 2.40. The molecular weight excluding hydrogens is 361 g/mol. The molecule has 0 amide bonds. The predicted molar refractivity (Wildman–Crippen MR) is 95.1 cm³/mol. The van der Waals surface area contributed by atoms with Gasteiger partial charge < -0.3 is 4.90 Å². The second-order valence-electron chi connectivity index (χ2n) is 6.33. The first-order valence-electron chi connectivity index (χ1n) is 8.18. The van der Waals surface area contributed by atoms with E-state index in [-0.39, 0.29) is 11.4 Å². The van der Waals surface area contributed by atoms with Crippen molar-refractivity contribution in [2.24, 2.45) is 0 Å². The molecule has 0 aliphatic heterocycles. The summed E-state index contributed by atoms with van der Waals surface area (Å²) in [6, 6.07) is 10.3. The third kappa shape index (κ3) is 3.27. The number of hydrogen-bond acceptors (Lipinski definition) is 1. The Balaban J connectivity index is 2.35. The molecule has 0 fully saturated rings. The second kappa shape index (κ2) is 7.02. The van der Waals surface area contributed by atoms with Crippen molar-refractivity contribution < 1.29 is 22.0 Å². The van der Waals surface area contributed by atoms with Crippen molar-refractivity contribution in [2.45, 2.75) is 20.8 Å². The summed E-state index contributed by atoms with van der Waals surface area (Å²) >= 11 is 0. The maximum Gasteiger partial charge on any atom is 0.186 e. The van der Waals surface area contributed by atoms with E-state index in [0.717, 1.165) is 23.5 Å². The molecule has 1 nitrogen and oxygen atoms in total. The summed E-state index contributed by atoms with van der Waals surface area (Å²) in [5.41, 5.74) is -0.247. The smallest absolute Gasteiger partial charge is 0.186 e. The van der Waals surface area contributed by atoms with E-state index in [2.05, 4.69) is 0 Å². The van der Waals surface area contributed by atoms with Crippen LogP contribution >= 0.6 is 0 Å². The van der Waals surface area contributed by atoms with Gasteiger partial charge in [0.05, 0.1) is 0 Å². The molecule has 0 aromatic heterocycles. The lowest BCUT2D eigenvalue weighted by atomic mass is 10.1. The highest BCUT2D eigenvalue weighted by atomic mass is 19.2. The molecule has 6 heteroatoms. The first kappa shape index (κ1) is 18.9. The van der Waals surface area contributed by atoms with E-state index in [4.69, 9.17) is 0 Å². The van der Waals surface area contributed by atoms with E-state index >= 15 is 0 Å². The third-order valence-electron chi connectivity index (χ3n) is 4.39. The van der Waals surface area contributed by atoms with Crippen LogP contribution in [0.2, 0.25) is 0 Å². The van der Waals surface area contributed by atoms with Crippen molar-refractivity contribution >= 4 is 17.1 Å². The summed E-state index contributed by atoms with van der Waals surface area (Å²) in [5.74, 6) is -6.69. The fourth-order valence-electron chi connectivity index (χ4n) is 2.75. The first-order chi connectivity index (χ1) is 12.7. The van der Waals surface area contributed by atoms with Gasteiger partial charge in [0.25, 0.3) is 0 Å².